The van der Waals surface area contributed by atoms with E-state index in [1.165, 1.54) is 0 Å². The average molecular weight is 274 g/mol. The Labute approximate surface area is 120 Å². The number of benzene rings is 1. The summed E-state index contributed by atoms with van der Waals surface area (Å²) in [6.07, 6.45) is 0.567. The number of nitrogens with one attached hydrogen (secondary N) is 1. The van der Waals surface area contributed by atoms with Crippen LogP contribution in [0.15, 0.2) is 30.3 Å². The Hall–Kier alpha value is -1.84. The van der Waals surface area contributed by atoms with Crippen molar-refractivity contribution in [2.75, 3.05) is 6.54 Å². The van der Waals surface area contributed by atoms with Crippen LogP contribution in [0.25, 0.3) is 0 Å². The lowest BCUT2D eigenvalue weighted by Crippen LogP contribution is -2.65. The molecular weight excluding hydrogens is 252 g/mol. The van der Waals surface area contributed by atoms with Crippen LogP contribution in [-0.2, 0) is 16.0 Å². The van der Waals surface area contributed by atoms with Gasteiger partial charge in [0.05, 0.1) is 0 Å². The Morgan fingerprint density at radius 3 is 2.40 bits per heavy atom. The molecule has 2 atom stereocenters. The summed E-state index contributed by atoms with van der Waals surface area (Å²) in [5.74, 6) is 0.0928. The normalized spacial score (nSPS) is 23.1. The summed E-state index contributed by atoms with van der Waals surface area (Å²) in [5.41, 5.74) is 1.07. The molecule has 1 heterocycles. The first-order valence-electron chi connectivity index (χ1n) is 7.19. The van der Waals surface area contributed by atoms with E-state index in [-0.39, 0.29) is 17.7 Å². The number of likely N-dealkylation sites (N-methyl/N-ethyl adjacent to an activating group) is 1. The molecule has 0 saturated carbocycles. The molecule has 4 heteroatoms. The van der Waals surface area contributed by atoms with Gasteiger partial charge in [0.15, 0.2) is 0 Å². The highest BCUT2D eigenvalue weighted by atomic mass is 16.2. The maximum atomic E-state index is 12.5. The standard InChI is InChI=1S/C16H22N2O2/c1-4-18-13(10-12-8-6-5-7-9-12)15(19)17-14(11(2)3)16(18)20/h5-9,11,13-14H,4,10H2,1-3H3,(H,17,19). The minimum Gasteiger partial charge on any atom is -0.342 e. The van der Waals surface area contributed by atoms with Gasteiger partial charge in [0, 0.05) is 13.0 Å². The molecule has 2 rings (SSSR count). The second-order valence-electron chi connectivity index (χ2n) is 5.56. The summed E-state index contributed by atoms with van der Waals surface area (Å²) >= 11 is 0. The zero-order chi connectivity index (χ0) is 14.7. The molecule has 1 aromatic carbocycles. The summed E-state index contributed by atoms with van der Waals surface area (Å²) in [4.78, 5) is 26.5. The van der Waals surface area contributed by atoms with Crippen molar-refractivity contribution in [1.82, 2.24) is 10.2 Å². The number of carbonyl (C=O) groups is 2. The first-order chi connectivity index (χ1) is 9.54. The van der Waals surface area contributed by atoms with Crippen LogP contribution in [-0.4, -0.2) is 35.3 Å². The van der Waals surface area contributed by atoms with E-state index in [0.717, 1.165) is 5.56 Å². The molecule has 2 unspecified atom stereocenters. The Bertz CT molecular complexity index is 485. The number of rotatable bonds is 4. The number of carbonyl (C=O) groups excluding carboxylic acids is 2. The Morgan fingerprint density at radius 1 is 1.20 bits per heavy atom. The van der Waals surface area contributed by atoms with Crippen LogP contribution in [0.4, 0.5) is 0 Å². The van der Waals surface area contributed by atoms with Crippen molar-refractivity contribution >= 4 is 11.8 Å². The SMILES string of the molecule is CCN1C(=O)C(C(C)C)NC(=O)C1Cc1ccccc1. The zero-order valence-electron chi connectivity index (χ0n) is 12.3. The van der Waals surface area contributed by atoms with Gasteiger partial charge in [0.1, 0.15) is 12.1 Å². The van der Waals surface area contributed by atoms with Crippen molar-refractivity contribution in [3.8, 4) is 0 Å². The van der Waals surface area contributed by atoms with Crippen LogP contribution >= 0.6 is 0 Å². The molecular formula is C16H22N2O2. The third-order valence-electron chi connectivity index (χ3n) is 3.80. The molecule has 1 aliphatic heterocycles. The van der Waals surface area contributed by atoms with Crippen molar-refractivity contribution in [2.24, 2.45) is 5.92 Å². The number of hydrogen-bond donors (Lipinski definition) is 1. The number of amides is 2. The van der Waals surface area contributed by atoms with Gasteiger partial charge in [-0.25, -0.2) is 0 Å². The first-order valence-corrected chi connectivity index (χ1v) is 7.19. The molecule has 0 bridgehead atoms. The second kappa shape index (κ2) is 6.07. The molecule has 1 aliphatic rings. The van der Waals surface area contributed by atoms with Gasteiger partial charge in [-0.3, -0.25) is 9.59 Å². The van der Waals surface area contributed by atoms with Crippen LogP contribution in [0.3, 0.4) is 0 Å². The van der Waals surface area contributed by atoms with Gasteiger partial charge < -0.3 is 10.2 Å². The third-order valence-corrected chi connectivity index (χ3v) is 3.80. The minimum absolute atomic E-state index is 0.0306. The van der Waals surface area contributed by atoms with E-state index in [1.54, 1.807) is 4.90 Å². The van der Waals surface area contributed by atoms with E-state index in [2.05, 4.69) is 5.32 Å². The summed E-state index contributed by atoms with van der Waals surface area (Å²) in [5, 5.41) is 2.87. The van der Waals surface area contributed by atoms with Crippen molar-refractivity contribution in [2.45, 2.75) is 39.3 Å². The fourth-order valence-electron chi connectivity index (χ4n) is 2.65. The maximum Gasteiger partial charge on any atom is 0.246 e. The summed E-state index contributed by atoms with van der Waals surface area (Å²) in [6, 6.07) is 9.03. The molecule has 0 radical (unpaired) electrons. The molecule has 0 aliphatic carbocycles. The van der Waals surface area contributed by atoms with Gasteiger partial charge in [-0.2, -0.15) is 0 Å². The van der Waals surface area contributed by atoms with E-state index in [4.69, 9.17) is 0 Å². The second-order valence-corrected chi connectivity index (χ2v) is 5.56. The van der Waals surface area contributed by atoms with E-state index in [9.17, 15) is 9.59 Å². The van der Waals surface area contributed by atoms with Crippen LogP contribution in [0.5, 0.6) is 0 Å². The lowest BCUT2D eigenvalue weighted by Gasteiger charge is -2.39. The predicted octanol–water partition coefficient (Wildman–Crippen LogP) is 1.60. The molecule has 2 amide bonds. The highest BCUT2D eigenvalue weighted by molar-refractivity contribution is 5.97. The molecule has 0 spiro atoms. The fraction of sp³-hybridized carbons (Fsp3) is 0.500. The molecule has 1 aromatic rings. The molecule has 0 aromatic heterocycles. The van der Waals surface area contributed by atoms with Crippen LogP contribution in [0, 0.1) is 5.92 Å². The lowest BCUT2D eigenvalue weighted by atomic mass is 9.95. The Balaban J connectivity index is 2.20. The van der Waals surface area contributed by atoms with Crippen molar-refractivity contribution in [3.05, 3.63) is 35.9 Å². The fourth-order valence-corrected chi connectivity index (χ4v) is 2.65. The summed E-state index contributed by atoms with van der Waals surface area (Å²) in [7, 11) is 0. The highest BCUT2D eigenvalue weighted by Gasteiger charge is 2.40. The molecule has 1 fully saturated rings. The molecule has 1 N–H and O–H groups in total. The van der Waals surface area contributed by atoms with Gasteiger partial charge in [0.25, 0.3) is 0 Å². The minimum atomic E-state index is -0.398. The third kappa shape index (κ3) is 2.84. The number of nitrogens with zero attached hydrogens (tertiary/aromatic N) is 1. The maximum absolute atomic E-state index is 12.5. The first kappa shape index (κ1) is 14.6. The van der Waals surface area contributed by atoms with E-state index < -0.39 is 12.1 Å². The van der Waals surface area contributed by atoms with Gasteiger partial charge >= 0.3 is 0 Å². The summed E-state index contributed by atoms with van der Waals surface area (Å²) in [6.45, 7) is 6.39. The Morgan fingerprint density at radius 2 is 1.85 bits per heavy atom. The van der Waals surface area contributed by atoms with E-state index >= 15 is 0 Å². The zero-order valence-corrected chi connectivity index (χ0v) is 12.3. The molecule has 108 valence electrons. The number of piperazine rings is 1. The van der Waals surface area contributed by atoms with Crippen LogP contribution in [0.1, 0.15) is 26.3 Å². The lowest BCUT2D eigenvalue weighted by molar-refractivity contribution is -0.150. The molecule has 4 nitrogen and oxygen atoms in total. The van der Waals surface area contributed by atoms with Crippen molar-refractivity contribution in [3.63, 3.8) is 0 Å². The average Bonchev–Trinajstić information content (AvgIpc) is 2.43. The topological polar surface area (TPSA) is 49.4 Å². The van der Waals surface area contributed by atoms with Crippen molar-refractivity contribution in [1.29, 1.82) is 0 Å². The van der Waals surface area contributed by atoms with Gasteiger partial charge in [0.2, 0.25) is 11.8 Å². The predicted molar refractivity (Wildman–Crippen MR) is 78.1 cm³/mol. The highest BCUT2D eigenvalue weighted by Crippen LogP contribution is 2.18. The summed E-state index contributed by atoms with van der Waals surface area (Å²) < 4.78 is 0. The quantitative estimate of drug-likeness (QED) is 0.906. The smallest absolute Gasteiger partial charge is 0.246 e. The number of hydrogen-bond acceptors (Lipinski definition) is 2. The van der Waals surface area contributed by atoms with E-state index in [1.807, 2.05) is 51.1 Å². The van der Waals surface area contributed by atoms with Gasteiger partial charge in [-0.05, 0) is 18.4 Å². The van der Waals surface area contributed by atoms with Crippen LogP contribution in [0.2, 0.25) is 0 Å². The Kier molecular flexibility index (Phi) is 4.42. The van der Waals surface area contributed by atoms with Gasteiger partial charge in [-0.15, -0.1) is 0 Å². The largest absolute Gasteiger partial charge is 0.342 e. The monoisotopic (exact) mass is 274 g/mol. The van der Waals surface area contributed by atoms with E-state index in [0.29, 0.717) is 13.0 Å². The van der Waals surface area contributed by atoms with Crippen molar-refractivity contribution < 1.29 is 9.59 Å². The molecule has 20 heavy (non-hydrogen) atoms. The van der Waals surface area contributed by atoms with Crippen LogP contribution < -0.4 is 5.32 Å². The van der Waals surface area contributed by atoms with Gasteiger partial charge in [-0.1, -0.05) is 44.2 Å². The molecule has 1 saturated heterocycles.